The second-order valence-corrected chi connectivity index (χ2v) is 7.71. The van der Waals surface area contributed by atoms with Gasteiger partial charge in [-0.25, -0.2) is 4.79 Å². The lowest BCUT2D eigenvalue weighted by atomic mass is 10.0. The monoisotopic (exact) mass is 474 g/mol. The molecule has 2 aromatic carbocycles. The molecule has 3 N–H and O–H groups in total. The van der Waals surface area contributed by atoms with Gasteiger partial charge in [0.05, 0.1) is 12.7 Å². The van der Waals surface area contributed by atoms with Crippen LogP contribution in [0.4, 0.5) is 0 Å². The van der Waals surface area contributed by atoms with Crippen LogP contribution in [0.25, 0.3) is 6.08 Å². The molecule has 0 bridgehead atoms. The number of rotatable bonds is 8. The lowest BCUT2D eigenvalue weighted by Gasteiger charge is -2.19. The Kier molecular flexibility index (Phi) is 8.17. The summed E-state index contributed by atoms with van der Waals surface area (Å²) in [4.78, 5) is 37.1. The van der Waals surface area contributed by atoms with Crippen LogP contribution in [-0.2, 0) is 9.59 Å². The highest BCUT2D eigenvalue weighted by Crippen LogP contribution is 2.18. The molecule has 2 rings (SSSR count). The summed E-state index contributed by atoms with van der Waals surface area (Å²) >= 11 is 3.34. The molecular weight excluding hydrogens is 452 g/mol. The second-order valence-electron chi connectivity index (χ2n) is 6.80. The molecule has 0 saturated heterocycles. The number of nitrogens with one attached hydrogen (secondary N) is 2. The van der Waals surface area contributed by atoms with Gasteiger partial charge in [0, 0.05) is 4.47 Å². The largest absolute Gasteiger partial charge is 0.496 e. The average Bonchev–Trinajstić information content (AvgIpc) is 2.72. The molecule has 158 valence electrons. The summed E-state index contributed by atoms with van der Waals surface area (Å²) in [6.45, 7) is 3.37. The highest BCUT2D eigenvalue weighted by Gasteiger charge is 2.26. The summed E-state index contributed by atoms with van der Waals surface area (Å²) in [5.74, 6) is -2.41. The third-order valence-corrected chi connectivity index (χ3v) is 4.77. The molecule has 0 saturated carbocycles. The molecule has 0 aliphatic carbocycles. The van der Waals surface area contributed by atoms with E-state index in [1.165, 1.54) is 13.2 Å². The van der Waals surface area contributed by atoms with Gasteiger partial charge in [-0.3, -0.25) is 9.59 Å². The zero-order valence-electron chi connectivity index (χ0n) is 16.8. The molecular formula is C22H23BrN2O5. The number of carboxylic acids is 1. The number of carbonyl (C=O) groups is 3. The van der Waals surface area contributed by atoms with Gasteiger partial charge < -0.3 is 20.5 Å². The fourth-order valence-electron chi connectivity index (χ4n) is 2.64. The van der Waals surface area contributed by atoms with Crippen molar-refractivity contribution in [3.63, 3.8) is 0 Å². The van der Waals surface area contributed by atoms with Crippen LogP contribution in [0.5, 0.6) is 5.75 Å². The van der Waals surface area contributed by atoms with Crippen molar-refractivity contribution in [2.75, 3.05) is 7.11 Å². The summed E-state index contributed by atoms with van der Waals surface area (Å²) < 4.78 is 6.06. The predicted octanol–water partition coefficient (Wildman–Crippen LogP) is 3.45. The number of carbonyl (C=O) groups excluding carboxylic acids is 2. The molecule has 1 atom stereocenters. The number of ether oxygens (including phenoxy) is 1. The van der Waals surface area contributed by atoms with Crippen molar-refractivity contribution in [1.29, 1.82) is 0 Å². The Balaban J connectivity index is 2.38. The number of hydrogen-bond acceptors (Lipinski definition) is 4. The van der Waals surface area contributed by atoms with Crippen molar-refractivity contribution in [3.05, 3.63) is 69.8 Å². The van der Waals surface area contributed by atoms with E-state index >= 15 is 0 Å². The van der Waals surface area contributed by atoms with Crippen LogP contribution in [0.3, 0.4) is 0 Å². The van der Waals surface area contributed by atoms with Crippen LogP contribution >= 0.6 is 15.9 Å². The van der Waals surface area contributed by atoms with Gasteiger partial charge in [-0.15, -0.1) is 0 Å². The minimum absolute atomic E-state index is 0.0832. The van der Waals surface area contributed by atoms with E-state index in [0.717, 1.165) is 4.47 Å². The van der Waals surface area contributed by atoms with Gasteiger partial charge in [-0.1, -0.05) is 54.0 Å². The summed E-state index contributed by atoms with van der Waals surface area (Å²) in [6.07, 6.45) is 1.48. The van der Waals surface area contributed by atoms with E-state index in [4.69, 9.17) is 4.74 Å². The van der Waals surface area contributed by atoms with Crippen LogP contribution < -0.4 is 15.4 Å². The predicted molar refractivity (Wildman–Crippen MR) is 117 cm³/mol. The van der Waals surface area contributed by atoms with Gasteiger partial charge in [0.25, 0.3) is 11.8 Å². The topological polar surface area (TPSA) is 105 Å². The first-order valence-corrected chi connectivity index (χ1v) is 9.97. The van der Waals surface area contributed by atoms with Gasteiger partial charge in [-0.05, 0) is 41.8 Å². The van der Waals surface area contributed by atoms with Crippen LogP contribution in [-0.4, -0.2) is 36.0 Å². The maximum Gasteiger partial charge on any atom is 0.326 e. The van der Waals surface area contributed by atoms with Gasteiger partial charge in [0.15, 0.2) is 0 Å². The fourth-order valence-corrected chi connectivity index (χ4v) is 2.90. The third-order valence-electron chi connectivity index (χ3n) is 4.24. The number of benzene rings is 2. The van der Waals surface area contributed by atoms with Gasteiger partial charge in [0.1, 0.15) is 17.5 Å². The first kappa shape index (κ1) is 23.2. The molecule has 0 aromatic heterocycles. The van der Waals surface area contributed by atoms with E-state index in [9.17, 15) is 19.5 Å². The summed E-state index contributed by atoms with van der Waals surface area (Å²) in [5.41, 5.74) is 0.813. The Hall–Kier alpha value is -3.13. The van der Waals surface area contributed by atoms with Gasteiger partial charge in [-0.2, -0.15) is 0 Å². The maximum absolute atomic E-state index is 12.9. The molecule has 8 heteroatoms. The molecule has 0 aliphatic heterocycles. The van der Waals surface area contributed by atoms with Gasteiger partial charge in [0.2, 0.25) is 0 Å². The molecule has 0 aliphatic rings. The molecule has 0 heterocycles. The Morgan fingerprint density at radius 1 is 1.07 bits per heavy atom. The van der Waals surface area contributed by atoms with Crippen molar-refractivity contribution in [3.8, 4) is 5.75 Å². The fraction of sp³-hybridized carbons (Fsp3) is 0.227. The molecule has 0 radical (unpaired) electrons. The Morgan fingerprint density at radius 2 is 1.70 bits per heavy atom. The third kappa shape index (κ3) is 6.18. The van der Waals surface area contributed by atoms with Gasteiger partial charge >= 0.3 is 5.97 Å². The van der Waals surface area contributed by atoms with E-state index < -0.39 is 23.8 Å². The number of amides is 2. The Bertz CT molecular complexity index is 954. The minimum Gasteiger partial charge on any atom is -0.496 e. The van der Waals surface area contributed by atoms with Crippen LogP contribution in [0.15, 0.2) is 58.7 Å². The Morgan fingerprint density at radius 3 is 2.27 bits per heavy atom. The molecule has 1 unspecified atom stereocenters. The van der Waals surface area contributed by atoms with E-state index in [2.05, 4.69) is 26.6 Å². The molecule has 0 spiro atoms. The first-order valence-electron chi connectivity index (χ1n) is 9.18. The normalized spacial score (nSPS) is 12.2. The van der Waals surface area contributed by atoms with Crippen molar-refractivity contribution in [1.82, 2.24) is 10.6 Å². The number of aliphatic carboxylic acids is 1. The molecule has 30 heavy (non-hydrogen) atoms. The highest BCUT2D eigenvalue weighted by molar-refractivity contribution is 9.10. The van der Waals surface area contributed by atoms with Crippen molar-refractivity contribution in [2.45, 2.75) is 19.9 Å². The highest BCUT2D eigenvalue weighted by atomic mass is 79.9. The maximum atomic E-state index is 12.9. The molecule has 2 aromatic rings. The zero-order valence-corrected chi connectivity index (χ0v) is 18.4. The number of methoxy groups -OCH3 is 1. The second kappa shape index (κ2) is 10.6. The van der Waals surface area contributed by atoms with E-state index in [0.29, 0.717) is 11.3 Å². The van der Waals surface area contributed by atoms with E-state index in [1.54, 1.807) is 62.4 Å². The zero-order chi connectivity index (χ0) is 22.3. The van der Waals surface area contributed by atoms with Crippen LogP contribution in [0.2, 0.25) is 0 Å². The smallest absolute Gasteiger partial charge is 0.326 e. The SMILES string of the molecule is COc1ccccc1C(=O)N/C(=C/c1ccc(Br)cc1)C(=O)NC(C(=O)O)C(C)C. The lowest BCUT2D eigenvalue weighted by molar-refractivity contribution is -0.142. The average molecular weight is 475 g/mol. The number of para-hydroxylation sites is 1. The van der Waals surface area contributed by atoms with Crippen molar-refractivity contribution >= 4 is 39.8 Å². The molecule has 2 amide bonds. The van der Waals surface area contributed by atoms with Crippen molar-refractivity contribution < 1.29 is 24.2 Å². The summed E-state index contributed by atoms with van der Waals surface area (Å²) in [6, 6.07) is 12.6. The van der Waals surface area contributed by atoms with Crippen LogP contribution in [0, 0.1) is 5.92 Å². The number of halogens is 1. The number of carboxylic acid groups (broad SMARTS) is 1. The van der Waals surface area contributed by atoms with Crippen molar-refractivity contribution in [2.24, 2.45) is 5.92 Å². The Labute approximate surface area is 183 Å². The van der Waals surface area contributed by atoms with Crippen LogP contribution in [0.1, 0.15) is 29.8 Å². The lowest BCUT2D eigenvalue weighted by Crippen LogP contribution is -2.47. The summed E-state index contributed by atoms with van der Waals surface area (Å²) in [5, 5.41) is 14.4. The van der Waals surface area contributed by atoms with E-state index in [-0.39, 0.29) is 17.2 Å². The molecule has 7 nitrogen and oxygen atoms in total. The first-order chi connectivity index (χ1) is 14.2. The quantitative estimate of drug-likeness (QED) is 0.508. The molecule has 0 fully saturated rings. The number of hydrogen-bond donors (Lipinski definition) is 3. The van der Waals surface area contributed by atoms with E-state index in [1.807, 2.05) is 0 Å². The summed E-state index contributed by atoms with van der Waals surface area (Å²) in [7, 11) is 1.44. The standard InChI is InChI=1S/C22H23BrN2O5/c1-13(2)19(22(28)29)25-21(27)17(12-14-8-10-15(23)11-9-14)24-20(26)16-6-4-5-7-18(16)30-3/h4-13,19H,1-3H3,(H,24,26)(H,25,27)(H,28,29)/b17-12+. The minimum atomic E-state index is -1.16.